The van der Waals surface area contributed by atoms with Gasteiger partial charge in [0.1, 0.15) is 11.6 Å². The van der Waals surface area contributed by atoms with Crippen molar-refractivity contribution in [2.45, 2.75) is 5.92 Å². The number of nitriles is 1. The lowest BCUT2D eigenvalue weighted by atomic mass is 9.83. The standard InChI is InChI=1S/C19H12ClN5O3/c20-14-7-2-1-6-12(14)17-16-15(10-4-3-5-11(8-10)25(26)27)13(9-21)18(22)28-19(16)24-23-17/h1-8,15H,22H2,(H,23,24)/t15-/m1/s1. The molecule has 3 aromatic rings. The number of hydrogen-bond donors (Lipinski definition) is 2. The molecule has 2 aromatic carbocycles. The summed E-state index contributed by atoms with van der Waals surface area (Å²) in [5, 5.41) is 28.4. The minimum absolute atomic E-state index is 0.0933. The third kappa shape index (κ3) is 2.74. The van der Waals surface area contributed by atoms with Gasteiger partial charge in [0.05, 0.1) is 22.1 Å². The third-order valence-corrected chi connectivity index (χ3v) is 4.83. The van der Waals surface area contributed by atoms with Gasteiger partial charge in [-0.15, -0.1) is 5.10 Å². The van der Waals surface area contributed by atoms with Crippen molar-refractivity contribution in [3.63, 3.8) is 0 Å². The Morgan fingerprint density at radius 2 is 2.07 bits per heavy atom. The molecule has 0 amide bonds. The third-order valence-electron chi connectivity index (χ3n) is 4.50. The first-order valence-electron chi connectivity index (χ1n) is 8.16. The highest BCUT2D eigenvalue weighted by molar-refractivity contribution is 6.33. The number of nitrogens with zero attached hydrogens (tertiary/aromatic N) is 3. The predicted molar refractivity (Wildman–Crippen MR) is 101 cm³/mol. The summed E-state index contributed by atoms with van der Waals surface area (Å²) in [7, 11) is 0. The highest BCUT2D eigenvalue weighted by Gasteiger charge is 2.36. The van der Waals surface area contributed by atoms with E-state index in [1.165, 1.54) is 12.1 Å². The lowest BCUT2D eigenvalue weighted by Crippen LogP contribution is -2.21. The molecule has 0 bridgehead atoms. The van der Waals surface area contributed by atoms with Gasteiger partial charge >= 0.3 is 0 Å². The highest BCUT2D eigenvalue weighted by Crippen LogP contribution is 2.46. The zero-order chi connectivity index (χ0) is 19.8. The first kappa shape index (κ1) is 17.6. The van der Waals surface area contributed by atoms with Gasteiger partial charge in [-0.1, -0.05) is 41.9 Å². The number of H-pyrrole nitrogens is 1. The molecule has 0 aliphatic carbocycles. The Hall–Kier alpha value is -3.83. The van der Waals surface area contributed by atoms with E-state index in [9.17, 15) is 15.4 Å². The molecule has 0 radical (unpaired) electrons. The fraction of sp³-hybridized carbons (Fsp3) is 0.0526. The van der Waals surface area contributed by atoms with Crippen molar-refractivity contribution < 1.29 is 9.66 Å². The van der Waals surface area contributed by atoms with Crippen LogP contribution < -0.4 is 10.5 Å². The van der Waals surface area contributed by atoms with Gasteiger partial charge in [0.2, 0.25) is 11.8 Å². The number of nitrogens with one attached hydrogen (secondary N) is 1. The molecule has 0 spiro atoms. The summed E-state index contributed by atoms with van der Waals surface area (Å²) in [5.41, 5.74) is 8.25. The number of hydrogen-bond acceptors (Lipinski definition) is 6. The van der Waals surface area contributed by atoms with Gasteiger partial charge in [-0.25, -0.2) is 0 Å². The summed E-state index contributed by atoms with van der Waals surface area (Å²) in [6.07, 6.45) is 0. The monoisotopic (exact) mass is 393 g/mol. The minimum Gasteiger partial charge on any atom is -0.420 e. The molecule has 1 aromatic heterocycles. The number of halogens is 1. The fourth-order valence-electron chi connectivity index (χ4n) is 3.27. The van der Waals surface area contributed by atoms with Gasteiger partial charge in [0, 0.05) is 22.7 Å². The molecule has 8 nitrogen and oxygen atoms in total. The molecule has 138 valence electrons. The van der Waals surface area contributed by atoms with Gasteiger partial charge in [-0.05, 0) is 11.6 Å². The molecule has 4 rings (SSSR count). The maximum atomic E-state index is 11.2. The first-order chi connectivity index (χ1) is 13.5. The minimum atomic E-state index is -0.696. The average molecular weight is 394 g/mol. The second-order valence-corrected chi connectivity index (χ2v) is 6.48. The highest BCUT2D eigenvalue weighted by atomic mass is 35.5. The van der Waals surface area contributed by atoms with Gasteiger partial charge in [0.25, 0.3) is 5.69 Å². The number of nitro groups is 1. The van der Waals surface area contributed by atoms with Crippen LogP contribution in [0.5, 0.6) is 5.88 Å². The number of aromatic amines is 1. The summed E-state index contributed by atoms with van der Waals surface area (Å²) in [4.78, 5) is 10.7. The van der Waals surface area contributed by atoms with Gasteiger partial charge in [-0.3, -0.25) is 15.2 Å². The van der Waals surface area contributed by atoms with Crippen molar-refractivity contribution in [2.24, 2.45) is 5.73 Å². The fourth-order valence-corrected chi connectivity index (χ4v) is 3.50. The normalized spacial score (nSPS) is 15.5. The Labute approximate surface area is 164 Å². The van der Waals surface area contributed by atoms with Crippen molar-refractivity contribution in [1.82, 2.24) is 10.2 Å². The zero-order valence-electron chi connectivity index (χ0n) is 14.2. The van der Waals surface area contributed by atoms with Crippen LogP contribution in [0.15, 0.2) is 60.0 Å². The summed E-state index contributed by atoms with van der Waals surface area (Å²) < 4.78 is 5.52. The summed E-state index contributed by atoms with van der Waals surface area (Å²) in [5.74, 6) is -0.592. The molecule has 0 fully saturated rings. The van der Waals surface area contributed by atoms with E-state index in [2.05, 4.69) is 16.3 Å². The molecule has 0 unspecified atom stereocenters. The van der Waals surface area contributed by atoms with Crippen LogP contribution in [-0.2, 0) is 0 Å². The number of non-ortho nitro benzene ring substituents is 1. The predicted octanol–water partition coefficient (Wildman–Crippen LogP) is 3.86. The zero-order valence-corrected chi connectivity index (χ0v) is 15.0. The van der Waals surface area contributed by atoms with Gasteiger partial charge in [0.15, 0.2) is 0 Å². The number of ether oxygens (including phenoxy) is 1. The number of nitro benzene ring substituents is 1. The van der Waals surface area contributed by atoms with Crippen molar-refractivity contribution >= 4 is 17.3 Å². The maximum absolute atomic E-state index is 11.2. The molecule has 0 saturated carbocycles. The molecule has 28 heavy (non-hydrogen) atoms. The number of benzene rings is 2. The maximum Gasteiger partial charge on any atom is 0.269 e. The molecule has 1 atom stereocenters. The van der Waals surface area contributed by atoms with Crippen LogP contribution in [0, 0.1) is 21.4 Å². The Balaban J connectivity index is 1.98. The Kier molecular flexibility index (Phi) is 4.22. The quantitative estimate of drug-likeness (QED) is 0.513. The smallest absolute Gasteiger partial charge is 0.269 e. The van der Waals surface area contributed by atoms with Gasteiger partial charge < -0.3 is 10.5 Å². The van der Waals surface area contributed by atoms with Crippen LogP contribution in [0.1, 0.15) is 17.0 Å². The van der Waals surface area contributed by atoms with Gasteiger partial charge in [-0.2, -0.15) is 5.26 Å². The second-order valence-electron chi connectivity index (χ2n) is 6.07. The van der Waals surface area contributed by atoms with E-state index in [1.807, 2.05) is 6.07 Å². The Morgan fingerprint density at radius 3 is 2.79 bits per heavy atom. The molecular weight excluding hydrogens is 382 g/mol. The number of rotatable bonds is 3. The molecular formula is C19H12ClN5O3. The molecule has 1 aliphatic heterocycles. The lowest BCUT2D eigenvalue weighted by molar-refractivity contribution is -0.384. The van der Waals surface area contributed by atoms with Crippen LogP contribution in [0.2, 0.25) is 5.02 Å². The van der Waals surface area contributed by atoms with E-state index in [4.69, 9.17) is 22.1 Å². The van der Waals surface area contributed by atoms with Crippen molar-refractivity contribution in [3.8, 4) is 23.2 Å². The largest absolute Gasteiger partial charge is 0.420 e. The molecule has 9 heteroatoms. The van der Waals surface area contributed by atoms with Crippen LogP contribution >= 0.6 is 11.6 Å². The van der Waals surface area contributed by atoms with Crippen LogP contribution in [-0.4, -0.2) is 15.1 Å². The van der Waals surface area contributed by atoms with Crippen molar-refractivity contribution in [3.05, 3.63) is 86.3 Å². The molecule has 1 aliphatic rings. The van der Waals surface area contributed by atoms with E-state index in [0.717, 1.165) is 0 Å². The Morgan fingerprint density at radius 1 is 1.29 bits per heavy atom. The molecule has 3 N–H and O–H groups in total. The van der Waals surface area contributed by atoms with E-state index < -0.39 is 10.8 Å². The summed E-state index contributed by atoms with van der Waals surface area (Å²) in [6, 6.07) is 15.2. The Bertz CT molecular complexity index is 1180. The number of fused-ring (bicyclic) bond motifs is 1. The summed E-state index contributed by atoms with van der Waals surface area (Å²) in [6.45, 7) is 0. The average Bonchev–Trinajstić information content (AvgIpc) is 3.10. The molecule has 2 heterocycles. The van der Waals surface area contributed by atoms with Crippen LogP contribution in [0.25, 0.3) is 11.3 Å². The first-order valence-corrected chi connectivity index (χ1v) is 8.54. The lowest BCUT2D eigenvalue weighted by Gasteiger charge is -2.24. The van der Waals surface area contributed by atoms with E-state index in [1.54, 1.807) is 30.3 Å². The topological polar surface area (TPSA) is 131 Å². The van der Waals surface area contributed by atoms with Crippen molar-refractivity contribution in [1.29, 1.82) is 5.26 Å². The van der Waals surface area contributed by atoms with E-state index in [0.29, 0.717) is 27.4 Å². The van der Waals surface area contributed by atoms with Crippen LogP contribution in [0.3, 0.4) is 0 Å². The van der Waals surface area contributed by atoms with Crippen LogP contribution in [0.4, 0.5) is 5.69 Å². The van der Waals surface area contributed by atoms with E-state index >= 15 is 0 Å². The number of aromatic nitrogens is 2. The number of allylic oxidation sites excluding steroid dienone is 1. The number of nitrogens with two attached hydrogens (primary N) is 1. The SMILES string of the molecule is N#CC1=C(N)Oc2n[nH]c(-c3ccccc3Cl)c2[C@@H]1c1cccc([N+](=O)[O-])c1. The second kappa shape index (κ2) is 6.72. The van der Waals surface area contributed by atoms with Crippen molar-refractivity contribution in [2.75, 3.05) is 0 Å². The summed E-state index contributed by atoms with van der Waals surface area (Å²) >= 11 is 6.34. The molecule has 0 saturated heterocycles. The van der Waals surface area contributed by atoms with E-state index in [-0.39, 0.29) is 23.0 Å².